The summed E-state index contributed by atoms with van der Waals surface area (Å²) >= 11 is 0. The van der Waals surface area contributed by atoms with Crippen molar-refractivity contribution in [1.29, 1.82) is 0 Å². The molecule has 2 fully saturated rings. The van der Waals surface area contributed by atoms with Crippen molar-refractivity contribution in [2.24, 2.45) is 5.92 Å². The number of rotatable bonds is 4. The molecule has 2 bridgehead atoms. The van der Waals surface area contributed by atoms with Crippen LogP contribution < -0.4 is 0 Å². The summed E-state index contributed by atoms with van der Waals surface area (Å²) in [4.78, 5) is 15.9. The fourth-order valence-electron chi connectivity index (χ4n) is 4.95. The number of Topliss-reactive ketones (excluding diaryl/α,β-unsaturated/α-hetero) is 1. The third-order valence-electron chi connectivity index (χ3n) is 6.39. The summed E-state index contributed by atoms with van der Waals surface area (Å²) < 4.78 is 20.0. The van der Waals surface area contributed by atoms with Crippen LogP contribution >= 0.6 is 0 Å². The zero-order chi connectivity index (χ0) is 19.8. The Labute approximate surface area is 170 Å². The van der Waals surface area contributed by atoms with Gasteiger partial charge in [0.25, 0.3) is 0 Å². The third kappa shape index (κ3) is 3.47. The standard InChI is InChI=1S/C25H24FNO2/c26-24-11-10-23(21-8-4-5-9-22(21)24)25(28)18-12-19-15-29-16-20(13-18)27(19)14-17-6-2-1-3-7-17/h1-11,18-20H,12-16H2. The maximum atomic E-state index is 14.2. The lowest BCUT2D eigenvalue weighted by Crippen LogP contribution is -2.57. The number of hydrogen-bond donors (Lipinski definition) is 0. The van der Waals surface area contributed by atoms with E-state index < -0.39 is 0 Å². The van der Waals surface area contributed by atoms with Crippen LogP contribution in [0.4, 0.5) is 4.39 Å². The van der Waals surface area contributed by atoms with Crippen molar-refractivity contribution in [2.75, 3.05) is 13.2 Å². The first kappa shape index (κ1) is 18.5. The second-order valence-corrected chi connectivity index (χ2v) is 8.18. The van der Waals surface area contributed by atoms with Gasteiger partial charge in [0, 0.05) is 35.5 Å². The molecule has 2 saturated heterocycles. The number of benzene rings is 3. The Hall–Kier alpha value is -2.56. The molecule has 2 aliphatic heterocycles. The van der Waals surface area contributed by atoms with E-state index in [1.807, 2.05) is 24.3 Å². The minimum Gasteiger partial charge on any atom is -0.378 e. The van der Waals surface area contributed by atoms with Crippen molar-refractivity contribution >= 4 is 16.6 Å². The number of carbonyl (C=O) groups is 1. The van der Waals surface area contributed by atoms with Crippen molar-refractivity contribution in [3.8, 4) is 0 Å². The summed E-state index contributed by atoms with van der Waals surface area (Å²) in [6.07, 6.45) is 1.57. The highest BCUT2D eigenvalue weighted by Gasteiger charge is 2.41. The predicted molar refractivity (Wildman–Crippen MR) is 111 cm³/mol. The lowest BCUT2D eigenvalue weighted by Gasteiger charge is -2.48. The van der Waals surface area contributed by atoms with Gasteiger partial charge >= 0.3 is 0 Å². The Morgan fingerprint density at radius 2 is 1.55 bits per heavy atom. The first-order valence-electron chi connectivity index (χ1n) is 10.3. The Kier molecular flexibility index (Phi) is 4.90. The zero-order valence-corrected chi connectivity index (χ0v) is 16.3. The lowest BCUT2D eigenvalue weighted by molar-refractivity contribution is -0.0872. The molecule has 0 spiro atoms. The van der Waals surface area contributed by atoms with E-state index in [0.29, 0.717) is 29.5 Å². The molecule has 0 amide bonds. The molecule has 2 aliphatic rings. The summed E-state index contributed by atoms with van der Waals surface area (Å²) in [6.45, 7) is 2.22. The summed E-state index contributed by atoms with van der Waals surface area (Å²) in [6, 6.07) is 21.3. The number of ether oxygens (including phenoxy) is 1. The number of morpholine rings is 1. The van der Waals surface area contributed by atoms with Gasteiger partial charge in [0.1, 0.15) is 5.82 Å². The number of fused-ring (bicyclic) bond motifs is 3. The molecule has 4 heteroatoms. The van der Waals surface area contributed by atoms with E-state index >= 15 is 0 Å². The first-order chi connectivity index (χ1) is 14.2. The van der Waals surface area contributed by atoms with Crippen LogP contribution in [0.3, 0.4) is 0 Å². The van der Waals surface area contributed by atoms with Crippen LogP contribution in [0, 0.1) is 11.7 Å². The van der Waals surface area contributed by atoms with Gasteiger partial charge in [-0.15, -0.1) is 0 Å². The predicted octanol–water partition coefficient (Wildman–Crippen LogP) is 4.84. The SMILES string of the molecule is O=C(c1ccc(F)c2ccccc12)C1CC2COCC(C1)N2Cc1ccccc1. The number of ketones is 1. The fraction of sp³-hybridized carbons (Fsp3) is 0.320. The average molecular weight is 389 g/mol. The molecule has 0 saturated carbocycles. The minimum atomic E-state index is -0.278. The Morgan fingerprint density at radius 3 is 2.28 bits per heavy atom. The van der Waals surface area contributed by atoms with Gasteiger partial charge in [-0.1, -0.05) is 54.6 Å². The van der Waals surface area contributed by atoms with Gasteiger partial charge in [-0.25, -0.2) is 4.39 Å². The molecule has 0 radical (unpaired) electrons. The van der Waals surface area contributed by atoms with Crippen molar-refractivity contribution in [3.05, 3.63) is 83.7 Å². The molecule has 3 nitrogen and oxygen atoms in total. The third-order valence-corrected chi connectivity index (χ3v) is 6.39. The van der Waals surface area contributed by atoms with Crippen LogP contribution in [0.1, 0.15) is 28.8 Å². The Morgan fingerprint density at radius 1 is 0.897 bits per heavy atom. The van der Waals surface area contributed by atoms with Gasteiger partial charge in [0.05, 0.1) is 13.2 Å². The molecule has 2 heterocycles. The van der Waals surface area contributed by atoms with Crippen molar-refractivity contribution in [1.82, 2.24) is 4.90 Å². The molecule has 5 rings (SSSR count). The van der Waals surface area contributed by atoms with Gasteiger partial charge in [-0.2, -0.15) is 0 Å². The highest BCUT2D eigenvalue weighted by molar-refractivity contribution is 6.09. The highest BCUT2D eigenvalue weighted by Crippen LogP contribution is 2.36. The molecule has 3 aromatic carbocycles. The molecule has 0 aromatic heterocycles. The maximum absolute atomic E-state index is 14.2. The van der Waals surface area contributed by atoms with E-state index in [-0.39, 0.29) is 29.6 Å². The number of halogens is 1. The average Bonchev–Trinajstić information content (AvgIpc) is 2.74. The van der Waals surface area contributed by atoms with Crippen LogP contribution in [0.15, 0.2) is 66.7 Å². The summed E-state index contributed by atoms with van der Waals surface area (Å²) in [7, 11) is 0. The largest absolute Gasteiger partial charge is 0.378 e. The van der Waals surface area contributed by atoms with Crippen LogP contribution in [0.2, 0.25) is 0 Å². The monoisotopic (exact) mass is 389 g/mol. The minimum absolute atomic E-state index is 0.0465. The van der Waals surface area contributed by atoms with E-state index in [1.165, 1.54) is 11.6 Å². The highest BCUT2D eigenvalue weighted by atomic mass is 19.1. The quantitative estimate of drug-likeness (QED) is 0.598. The molecule has 2 atom stereocenters. The van der Waals surface area contributed by atoms with Crippen molar-refractivity contribution in [3.63, 3.8) is 0 Å². The van der Waals surface area contributed by atoms with Crippen molar-refractivity contribution in [2.45, 2.75) is 31.5 Å². The summed E-state index contributed by atoms with van der Waals surface area (Å²) in [5.74, 6) is -0.188. The van der Waals surface area contributed by atoms with Crippen LogP contribution in [0.5, 0.6) is 0 Å². The zero-order valence-electron chi connectivity index (χ0n) is 16.3. The van der Waals surface area contributed by atoms with E-state index in [1.54, 1.807) is 12.1 Å². The molecular formula is C25H24FNO2. The van der Waals surface area contributed by atoms with E-state index in [9.17, 15) is 9.18 Å². The second kappa shape index (κ2) is 7.69. The van der Waals surface area contributed by atoms with Crippen LogP contribution in [-0.4, -0.2) is 36.0 Å². The van der Waals surface area contributed by atoms with Gasteiger partial charge in [-0.3, -0.25) is 9.69 Å². The normalized spacial score (nSPS) is 24.5. The second-order valence-electron chi connectivity index (χ2n) is 8.18. The summed E-state index contributed by atoms with van der Waals surface area (Å²) in [5.41, 5.74) is 1.93. The number of piperidine rings is 1. The number of nitrogens with zero attached hydrogens (tertiary/aromatic N) is 1. The molecule has 148 valence electrons. The molecule has 2 unspecified atom stereocenters. The van der Waals surface area contributed by atoms with Gasteiger partial charge in [0.15, 0.2) is 5.78 Å². The molecule has 29 heavy (non-hydrogen) atoms. The van der Waals surface area contributed by atoms with E-state index in [2.05, 4.69) is 29.2 Å². The maximum Gasteiger partial charge on any atom is 0.166 e. The number of hydrogen-bond acceptors (Lipinski definition) is 3. The molecule has 3 aromatic rings. The van der Waals surface area contributed by atoms with E-state index in [4.69, 9.17) is 4.74 Å². The number of carbonyl (C=O) groups excluding carboxylic acids is 1. The lowest BCUT2D eigenvalue weighted by atomic mass is 9.79. The van der Waals surface area contributed by atoms with E-state index in [0.717, 1.165) is 19.4 Å². The molecular weight excluding hydrogens is 365 g/mol. The molecule has 0 N–H and O–H groups in total. The van der Waals surface area contributed by atoms with Gasteiger partial charge in [0.2, 0.25) is 0 Å². The van der Waals surface area contributed by atoms with Gasteiger partial charge < -0.3 is 4.74 Å². The molecule has 0 aliphatic carbocycles. The Balaban J connectivity index is 1.40. The van der Waals surface area contributed by atoms with Crippen LogP contribution in [-0.2, 0) is 11.3 Å². The summed E-state index contributed by atoms with van der Waals surface area (Å²) in [5, 5.41) is 1.23. The first-order valence-corrected chi connectivity index (χ1v) is 10.3. The van der Waals surface area contributed by atoms with Gasteiger partial charge in [-0.05, 0) is 35.9 Å². The smallest absolute Gasteiger partial charge is 0.166 e. The van der Waals surface area contributed by atoms with Crippen LogP contribution in [0.25, 0.3) is 10.8 Å². The Bertz CT molecular complexity index is 1020. The topological polar surface area (TPSA) is 29.5 Å². The fourth-order valence-corrected chi connectivity index (χ4v) is 4.95. The van der Waals surface area contributed by atoms with Crippen molar-refractivity contribution < 1.29 is 13.9 Å².